The van der Waals surface area contributed by atoms with Gasteiger partial charge in [0.25, 0.3) is 5.56 Å². The number of hydrogen-bond donors (Lipinski definition) is 1. The second-order valence-electron chi connectivity index (χ2n) is 4.51. The van der Waals surface area contributed by atoms with Crippen LogP contribution < -0.4 is 10.9 Å². The van der Waals surface area contributed by atoms with Gasteiger partial charge in [0.05, 0.1) is 12.4 Å². The molecule has 0 radical (unpaired) electrons. The van der Waals surface area contributed by atoms with Crippen molar-refractivity contribution in [1.29, 1.82) is 0 Å². The molecule has 0 aliphatic heterocycles. The molecule has 0 unspecified atom stereocenters. The van der Waals surface area contributed by atoms with Crippen LogP contribution in [0.25, 0.3) is 11.2 Å². The highest BCUT2D eigenvalue weighted by Gasteiger charge is 2.05. The molecule has 2 rings (SSSR count). The summed E-state index contributed by atoms with van der Waals surface area (Å²) < 4.78 is 1.47. The second-order valence-corrected chi connectivity index (χ2v) is 4.51. The Kier molecular flexibility index (Phi) is 4.62. The standard InChI is InChI=1S/C13H20N6O/c1-4-19(5-2)7-6-14-13-16-8-10-12(17-13)18(3)11(20)9-15-10/h8-9H,4-7H2,1-3H3,(H,14,16,17). The van der Waals surface area contributed by atoms with Gasteiger partial charge in [-0.1, -0.05) is 13.8 Å². The van der Waals surface area contributed by atoms with E-state index in [9.17, 15) is 4.79 Å². The van der Waals surface area contributed by atoms with Crippen molar-refractivity contribution in [3.8, 4) is 0 Å². The highest BCUT2D eigenvalue weighted by atomic mass is 16.1. The molecule has 0 amide bonds. The summed E-state index contributed by atoms with van der Waals surface area (Å²) in [5, 5.41) is 3.18. The summed E-state index contributed by atoms with van der Waals surface area (Å²) >= 11 is 0. The first-order valence-electron chi connectivity index (χ1n) is 6.80. The summed E-state index contributed by atoms with van der Waals surface area (Å²) in [6, 6.07) is 0. The molecule has 0 spiro atoms. The van der Waals surface area contributed by atoms with E-state index in [1.165, 1.54) is 10.8 Å². The number of nitrogens with zero attached hydrogens (tertiary/aromatic N) is 5. The Hall–Kier alpha value is -2.02. The van der Waals surface area contributed by atoms with Crippen LogP contribution in [-0.2, 0) is 7.05 Å². The normalized spacial score (nSPS) is 11.2. The lowest BCUT2D eigenvalue weighted by atomic mass is 10.4. The van der Waals surface area contributed by atoms with Gasteiger partial charge < -0.3 is 10.2 Å². The van der Waals surface area contributed by atoms with Gasteiger partial charge in [-0.15, -0.1) is 0 Å². The zero-order valence-corrected chi connectivity index (χ0v) is 12.1. The number of hydrogen-bond acceptors (Lipinski definition) is 6. The molecule has 0 atom stereocenters. The SMILES string of the molecule is CCN(CC)CCNc1ncc2ncc(=O)n(C)c2n1. The van der Waals surface area contributed by atoms with Gasteiger partial charge in [-0.2, -0.15) is 4.98 Å². The number of nitrogens with one attached hydrogen (secondary N) is 1. The molecule has 0 aliphatic carbocycles. The molecule has 0 aromatic carbocycles. The number of fused-ring (bicyclic) bond motifs is 1. The van der Waals surface area contributed by atoms with Crippen molar-refractivity contribution >= 4 is 17.1 Å². The van der Waals surface area contributed by atoms with Gasteiger partial charge in [0.1, 0.15) is 5.52 Å². The van der Waals surface area contributed by atoms with Crippen LogP contribution in [0, 0.1) is 0 Å². The van der Waals surface area contributed by atoms with Crippen LogP contribution in [0.5, 0.6) is 0 Å². The third kappa shape index (κ3) is 3.11. The van der Waals surface area contributed by atoms with Crippen LogP contribution in [0.4, 0.5) is 5.95 Å². The second kappa shape index (κ2) is 6.42. The lowest BCUT2D eigenvalue weighted by Crippen LogP contribution is -2.29. The lowest BCUT2D eigenvalue weighted by Gasteiger charge is -2.17. The predicted octanol–water partition coefficient (Wildman–Crippen LogP) is 0.477. The summed E-state index contributed by atoms with van der Waals surface area (Å²) in [6.07, 6.45) is 2.90. The first kappa shape index (κ1) is 14.4. The fourth-order valence-electron chi connectivity index (χ4n) is 1.97. The molecule has 20 heavy (non-hydrogen) atoms. The number of aromatic nitrogens is 4. The van der Waals surface area contributed by atoms with Gasteiger partial charge >= 0.3 is 0 Å². The number of aryl methyl sites for hydroxylation is 1. The highest BCUT2D eigenvalue weighted by Crippen LogP contribution is 2.06. The van der Waals surface area contributed by atoms with Crippen molar-refractivity contribution < 1.29 is 0 Å². The molecule has 2 aromatic rings. The van der Waals surface area contributed by atoms with Crippen molar-refractivity contribution in [2.45, 2.75) is 13.8 Å². The number of anilines is 1. The average molecular weight is 276 g/mol. The maximum atomic E-state index is 11.5. The monoisotopic (exact) mass is 276 g/mol. The van der Waals surface area contributed by atoms with Gasteiger partial charge in [0.2, 0.25) is 5.95 Å². The van der Waals surface area contributed by atoms with Gasteiger partial charge in [-0.25, -0.2) is 9.97 Å². The van der Waals surface area contributed by atoms with E-state index in [0.717, 1.165) is 26.2 Å². The Balaban J connectivity index is 2.12. The summed E-state index contributed by atoms with van der Waals surface area (Å²) in [7, 11) is 1.68. The predicted molar refractivity (Wildman–Crippen MR) is 78.9 cm³/mol. The molecule has 0 saturated heterocycles. The fraction of sp³-hybridized carbons (Fsp3) is 0.538. The Morgan fingerprint density at radius 3 is 2.70 bits per heavy atom. The van der Waals surface area contributed by atoms with Crippen LogP contribution in [0.2, 0.25) is 0 Å². The summed E-state index contributed by atoms with van der Waals surface area (Å²) in [5.74, 6) is 0.521. The topological polar surface area (TPSA) is 75.9 Å². The summed E-state index contributed by atoms with van der Waals surface area (Å²) in [4.78, 5) is 26.4. The maximum absolute atomic E-state index is 11.5. The Morgan fingerprint density at radius 1 is 1.25 bits per heavy atom. The van der Waals surface area contributed by atoms with Crippen molar-refractivity contribution in [2.24, 2.45) is 7.05 Å². The largest absolute Gasteiger partial charge is 0.353 e. The molecule has 1 N–H and O–H groups in total. The smallest absolute Gasteiger partial charge is 0.270 e. The quantitative estimate of drug-likeness (QED) is 0.827. The zero-order valence-electron chi connectivity index (χ0n) is 12.1. The average Bonchev–Trinajstić information content (AvgIpc) is 2.48. The first-order chi connectivity index (χ1) is 9.65. The van der Waals surface area contributed by atoms with Crippen molar-refractivity contribution in [3.05, 3.63) is 22.7 Å². The van der Waals surface area contributed by atoms with E-state index < -0.39 is 0 Å². The molecular formula is C13H20N6O. The first-order valence-corrected chi connectivity index (χ1v) is 6.80. The fourth-order valence-corrected chi connectivity index (χ4v) is 1.97. The van der Waals surface area contributed by atoms with E-state index >= 15 is 0 Å². The summed E-state index contributed by atoms with van der Waals surface area (Å²) in [5.41, 5.74) is 0.976. The molecule has 0 bridgehead atoms. The molecular weight excluding hydrogens is 256 g/mol. The molecule has 0 aliphatic rings. The van der Waals surface area contributed by atoms with Crippen molar-refractivity contribution in [3.63, 3.8) is 0 Å². The zero-order chi connectivity index (χ0) is 14.5. The van der Waals surface area contributed by atoms with Crippen LogP contribution in [0.1, 0.15) is 13.8 Å². The molecule has 108 valence electrons. The van der Waals surface area contributed by atoms with Gasteiger partial charge in [-0.05, 0) is 13.1 Å². The number of rotatable bonds is 6. The Labute approximate surface area is 117 Å². The van der Waals surface area contributed by atoms with Gasteiger partial charge in [-0.3, -0.25) is 9.36 Å². The molecule has 2 heterocycles. The van der Waals surface area contributed by atoms with Crippen molar-refractivity contribution in [2.75, 3.05) is 31.5 Å². The van der Waals surface area contributed by atoms with E-state index in [1.807, 2.05) is 0 Å². The third-order valence-electron chi connectivity index (χ3n) is 3.32. The highest BCUT2D eigenvalue weighted by molar-refractivity contribution is 5.69. The molecule has 2 aromatic heterocycles. The molecule has 0 fully saturated rings. The minimum atomic E-state index is -0.176. The van der Waals surface area contributed by atoms with E-state index in [2.05, 4.69) is 39.0 Å². The summed E-state index contributed by atoms with van der Waals surface area (Å²) in [6.45, 7) is 8.01. The van der Waals surface area contributed by atoms with Crippen molar-refractivity contribution in [1.82, 2.24) is 24.4 Å². The van der Waals surface area contributed by atoms with E-state index in [-0.39, 0.29) is 5.56 Å². The Bertz CT molecular complexity index is 634. The minimum Gasteiger partial charge on any atom is -0.353 e. The van der Waals surface area contributed by atoms with Crippen LogP contribution in [0.15, 0.2) is 17.2 Å². The van der Waals surface area contributed by atoms with Gasteiger partial charge in [0.15, 0.2) is 5.65 Å². The minimum absolute atomic E-state index is 0.176. The molecule has 7 heteroatoms. The molecule has 7 nitrogen and oxygen atoms in total. The lowest BCUT2D eigenvalue weighted by molar-refractivity contribution is 0.316. The maximum Gasteiger partial charge on any atom is 0.270 e. The van der Waals surface area contributed by atoms with E-state index in [0.29, 0.717) is 17.1 Å². The van der Waals surface area contributed by atoms with E-state index in [4.69, 9.17) is 0 Å². The third-order valence-corrected chi connectivity index (χ3v) is 3.32. The van der Waals surface area contributed by atoms with E-state index in [1.54, 1.807) is 13.2 Å². The van der Waals surface area contributed by atoms with Crippen LogP contribution in [-0.4, -0.2) is 50.6 Å². The van der Waals surface area contributed by atoms with Crippen LogP contribution >= 0.6 is 0 Å². The molecule has 0 saturated carbocycles. The number of likely N-dealkylation sites (N-methyl/N-ethyl adjacent to an activating group) is 1. The van der Waals surface area contributed by atoms with Gasteiger partial charge in [0, 0.05) is 20.1 Å². The Morgan fingerprint density at radius 2 is 2.00 bits per heavy atom. The van der Waals surface area contributed by atoms with Crippen LogP contribution in [0.3, 0.4) is 0 Å².